The summed E-state index contributed by atoms with van der Waals surface area (Å²) in [5.74, 6) is -1.46. The quantitative estimate of drug-likeness (QED) is 0.0197. The lowest BCUT2D eigenvalue weighted by molar-refractivity contribution is -0.161. The summed E-state index contributed by atoms with van der Waals surface area (Å²) in [5.41, 5.74) is 0. The normalized spacial score (nSPS) is 13.5. The molecule has 0 saturated carbocycles. The average Bonchev–Trinajstić information content (AvgIpc) is 3.32. The van der Waals surface area contributed by atoms with Crippen molar-refractivity contribution in [3.8, 4) is 0 Å². The van der Waals surface area contributed by atoms with Crippen LogP contribution in [0.2, 0.25) is 0 Å². The number of unbranched alkanes of at least 4 members (excludes halogenated alkanes) is 32. The summed E-state index contributed by atoms with van der Waals surface area (Å²) < 4.78 is 39.4. The van der Waals surface area contributed by atoms with Crippen LogP contribution in [0.25, 0.3) is 0 Å². The molecule has 2 N–H and O–H groups in total. The first-order valence-electron chi connectivity index (χ1n) is 28.2. The van der Waals surface area contributed by atoms with Crippen LogP contribution in [0.5, 0.6) is 0 Å². The van der Waals surface area contributed by atoms with Crippen LogP contribution >= 0.6 is 7.82 Å². The van der Waals surface area contributed by atoms with E-state index in [-0.39, 0.29) is 25.9 Å². The Hall–Kier alpha value is -2.04. The van der Waals surface area contributed by atoms with Crippen molar-refractivity contribution in [2.45, 2.75) is 290 Å². The van der Waals surface area contributed by atoms with Gasteiger partial charge in [-0.2, -0.15) is 0 Å². The van der Waals surface area contributed by atoms with Crippen molar-refractivity contribution < 1.29 is 52.2 Å². The van der Waals surface area contributed by atoms with Crippen molar-refractivity contribution in [2.24, 2.45) is 0 Å². The van der Waals surface area contributed by atoms with Gasteiger partial charge in [0.05, 0.1) is 19.8 Å². The number of ether oxygens (including phenoxy) is 3. The minimum atomic E-state index is -4.74. The van der Waals surface area contributed by atoms with E-state index in [4.69, 9.17) is 23.3 Å². The van der Waals surface area contributed by atoms with Gasteiger partial charge in [0.15, 0.2) is 6.10 Å². The predicted molar refractivity (Wildman–Crippen MR) is 280 cm³/mol. The lowest BCUT2D eigenvalue weighted by Gasteiger charge is -2.21. The number of carbonyl (C=O) groups excluding carboxylic acids is 3. The second-order valence-corrected chi connectivity index (χ2v) is 20.6. The van der Waals surface area contributed by atoms with Gasteiger partial charge < -0.3 is 24.2 Å². The highest BCUT2D eigenvalue weighted by molar-refractivity contribution is 7.47. The van der Waals surface area contributed by atoms with Gasteiger partial charge in [-0.05, 0) is 70.6 Å². The van der Waals surface area contributed by atoms with Gasteiger partial charge >= 0.3 is 25.7 Å². The fourth-order valence-electron chi connectivity index (χ4n) is 7.99. The number of esters is 3. The molecule has 68 heavy (non-hydrogen) atoms. The Morgan fingerprint density at radius 3 is 1.01 bits per heavy atom. The fourth-order valence-corrected chi connectivity index (χ4v) is 8.78. The van der Waals surface area contributed by atoms with Gasteiger partial charge in [0.25, 0.3) is 0 Å². The van der Waals surface area contributed by atoms with Crippen molar-refractivity contribution in [2.75, 3.05) is 26.4 Å². The maximum Gasteiger partial charge on any atom is 0.472 e. The van der Waals surface area contributed by atoms with E-state index in [9.17, 15) is 28.9 Å². The fraction of sp³-hybridized carbons (Fsp3) is 0.875. The smallest absolute Gasteiger partial charge is 0.462 e. The highest BCUT2D eigenvalue weighted by atomic mass is 31.2. The van der Waals surface area contributed by atoms with E-state index >= 15 is 0 Å². The highest BCUT2D eigenvalue weighted by Gasteiger charge is 2.28. The second kappa shape index (κ2) is 51.3. The number of hydrogen-bond donors (Lipinski definition) is 2. The number of phosphoric acid groups is 1. The maximum atomic E-state index is 12.9. The van der Waals surface area contributed by atoms with Crippen LogP contribution in [-0.2, 0) is 42.2 Å². The Morgan fingerprint density at radius 1 is 0.397 bits per heavy atom. The molecule has 0 rings (SSSR count). The van der Waals surface area contributed by atoms with Crippen LogP contribution in [0.15, 0.2) is 24.3 Å². The van der Waals surface area contributed by atoms with E-state index in [1.165, 1.54) is 135 Å². The maximum absolute atomic E-state index is 12.9. The molecule has 0 aromatic rings. The molecule has 11 nitrogen and oxygen atoms in total. The van der Waals surface area contributed by atoms with E-state index in [0.717, 1.165) is 83.5 Å². The Morgan fingerprint density at radius 2 is 0.676 bits per heavy atom. The summed E-state index contributed by atoms with van der Waals surface area (Å²) in [5, 5.41) is 9.76. The van der Waals surface area contributed by atoms with E-state index in [0.29, 0.717) is 19.3 Å². The van der Waals surface area contributed by atoms with Gasteiger partial charge in [-0.25, -0.2) is 4.57 Å². The van der Waals surface area contributed by atoms with Crippen LogP contribution in [0, 0.1) is 0 Å². The molecule has 0 fully saturated rings. The molecule has 0 aliphatic heterocycles. The minimum absolute atomic E-state index is 0.161. The zero-order valence-corrected chi connectivity index (χ0v) is 45.0. The SMILES string of the molecule is CCCCCCCC/C=C\CCCCCCCCCC(=O)OCC(COP(=O)(O)OCC(CO)OC(=O)CCCCCCCCCCC)OC(=O)CCCCCCC/C=C\CCCCCCCC. The zero-order valence-electron chi connectivity index (χ0n) is 44.1. The zero-order chi connectivity index (χ0) is 49.9. The topological polar surface area (TPSA) is 155 Å². The third-order valence-corrected chi connectivity index (χ3v) is 13.3. The molecule has 0 saturated heterocycles. The standard InChI is InChI=1S/C56H105O11P/c1-4-7-10-13-16-19-21-23-25-26-28-29-31-34-36-39-42-45-54(58)63-49-53(67-56(60)47-44-41-38-35-32-30-27-24-22-20-17-14-11-8-5-2)51-65-68(61,62)64-50-52(48-57)66-55(59)46-43-40-37-33-18-15-12-9-6-3/h23-25,27,52-53,57H,4-22,26,28-51H2,1-3H3,(H,61,62)/b25-23-,27-24-. The van der Waals surface area contributed by atoms with Gasteiger partial charge in [0.2, 0.25) is 0 Å². The molecule has 400 valence electrons. The molecule has 0 spiro atoms. The minimum Gasteiger partial charge on any atom is -0.462 e. The van der Waals surface area contributed by atoms with Crippen molar-refractivity contribution in [1.82, 2.24) is 0 Å². The number of aliphatic hydroxyl groups excluding tert-OH is 1. The van der Waals surface area contributed by atoms with Gasteiger partial charge in [-0.3, -0.25) is 23.4 Å². The Labute approximate surface area is 417 Å². The molecule has 0 aliphatic rings. The summed E-state index contributed by atoms with van der Waals surface area (Å²) in [6.45, 7) is 4.63. The summed E-state index contributed by atoms with van der Waals surface area (Å²) in [4.78, 5) is 48.4. The van der Waals surface area contributed by atoms with Crippen molar-refractivity contribution in [3.63, 3.8) is 0 Å². The summed E-state index contributed by atoms with van der Waals surface area (Å²) in [6, 6.07) is 0. The van der Waals surface area contributed by atoms with Crippen LogP contribution in [-0.4, -0.2) is 66.5 Å². The molecular weight excluding hydrogens is 880 g/mol. The van der Waals surface area contributed by atoms with Crippen LogP contribution in [0.1, 0.15) is 278 Å². The molecule has 3 unspecified atom stereocenters. The van der Waals surface area contributed by atoms with Crippen molar-refractivity contribution >= 4 is 25.7 Å². The van der Waals surface area contributed by atoms with Gasteiger partial charge in [-0.1, -0.05) is 212 Å². The molecule has 0 aromatic carbocycles. The van der Waals surface area contributed by atoms with Crippen LogP contribution < -0.4 is 0 Å². The third kappa shape index (κ3) is 49.0. The van der Waals surface area contributed by atoms with Crippen LogP contribution in [0.4, 0.5) is 0 Å². The summed E-state index contributed by atoms with van der Waals surface area (Å²) in [6.07, 6.45) is 50.0. The molecule has 0 radical (unpaired) electrons. The lowest BCUT2D eigenvalue weighted by atomic mass is 10.1. The first kappa shape index (κ1) is 66.0. The molecule has 0 heterocycles. The van der Waals surface area contributed by atoms with Crippen molar-refractivity contribution in [3.05, 3.63) is 24.3 Å². The molecule has 12 heteroatoms. The lowest BCUT2D eigenvalue weighted by Crippen LogP contribution is -2.30. The molecule has 0 bridgehead atoms. The van der Waals surface area contributed by atoms with Gasteiger partial charge in [0.1, 0.15) is 12.7 Å². The van der Waals surface area contributed by atoms with Gasteiger partial charge in [0, 0.05) is 19.3 Å². The first-order chi connectivity index (χ1) is 33.2. The molecular formula is C56H105O11P. The van der Waals surface area contributed by atoms with E-state index in [1.807, 2.05) is 0 Å². The molecule has 0 aliphatic carbocycles. The largest absolute Gasteiger partial charge is 0.472 e. The Balaban J connectivity index is 4.71. The monoisotopic (exact) mass is 985 g/mol. The summed E-state index contributed by atoms with van der Waals surface area (Å²) in [7, 11) is -4.74. The number of rotatable bonds is 53. The van der Waals surface area contributed by atoms with E-state index < -0.39 is 57.8 Å². The predicted octanol–water partition coefficient (Wildman–Crippen LogP) is 16.3. The number of phosphoric ester groups is 1. The number of hydrogen-bond acceptors (Lipinski definition) is 10. The molecule has 0 amide bonds. The van der Waals surface area contributed by atoms with Crippen molar-refractivity contribution in [1.29, 1.82) is 0 Å². The first-order valence-corrected chi connectivity index (χ1v) is 29.7. The number of carbonyl (C=O) groups is 3. The van der Waals surface area contributed by atoms with E-state index in [2.05, 4.69) is 45.1 Å². The Bertz CT molecular complexity index is 1240. The average molecular weight is 985 g/mol. The third-order valence-electron chi connectivity index (χ3n) is 12.3. The second-order valence-electron chi connectivity index (χ2n) is 19.1. The van der Waals surface area contributed by atoms with E-state index in [1.54, 1.807) is 0 Å². The number of aliphatic hydroxyl groups is 1. The Kier molecular flexibility index (Phi) is 49.8. The molecule has 0 aromatic heterocycles. The molecule has 3 atom stereocenters. The summed E-state index contributed by atoms with van der Waals surface area (Å²) >= 11 is 0. The van der Waals surface area contributed by atoms with Gasteiger partial charge in [-0.15, -0.1) is 0 Å². The number of allylic oxidation sites excluding steroid dienone is 4. The van der Waals surface area contributed by atoms with Crippen LogP contribution in [0.3, 0.4) is 0 Å². The highest BCUT2D eigenvalue weighted by Crippen LogP contribution is 2.43.